The molecule has 1 heterocycles. The Hall–Kier alpha value is -1.54. The van der Waals surface area contributed by atoms with Gasteiger partial charge in [0.1, 0.15) is 0 Å². The zero-order chi connectivity index (χ0) is 13.3. The maximum atomic E-state index is 6.00. The summed E-state index contributed by atoms with van der Waals surface area (Å²) in [5.74, 6) is 0. The Kier molecular flexibility index (Phi) is 3.19. The van der Waals surface area contributed by atoms with Crippen LogP contribution in [0.1, 0.15) is 24.8 Å². The van der Waals surface area contributed by atoms with Crippen LogP contribution < -0.4 is 4.90 Å². The summed E-state index contributed by atoms with van der Waals surface area (Å²) in [5, 5.41) is 0.794. The quantitative estimate of drug-likeness (QED) is 0.830. The highest BCUT2D eigenvalue weighted by atomic mass is 35.5. The maximum absolute atomic E-state index is 6.00. The Morgan fingerprint density at radius 2 is 1.89 bits per heavy atom. The fraction of sp³-hybridized carbons (Fsp3) is 0.312. The molecule has 0 saturated heterocycles. The van der Waals surface area contributed by atoms with Gasteiger partial charge in [0.25, 0.3) is 0 Å². The SMILES string of the molecule is CN(c1cccnc1)C1(c2ccc(Cl)cc2)CCC1. The van der Waals surface area contributed by atoms with Crippen LogP contribution in [0.4, 0.5) is 5.69 Å². The van der Waals surface area contributed by atoms with Crippen molar-refractivity contribution >= 4 is 17.3 Å². The van der Waals surface area contributed by atoms with Crippen LogP contribution in [0.25, 0.3) is 0 Å². The van der Waals surface area contributed by atoms with Gasteiger partial charge in [-0.3, -0.25) is 4.98 Å². The minimum atomic E-state index is 0.105. The lowest BCUT2D eigenvalue weighted by Gasteiger charge is -2.50. The van der Waals surface area contributed by atoms with E-state index in [1.54, 1.807) is 0 Å². The monoisotopic (exact) mass is 272 g/mol. The summed E-state index contributed by atoms with van der Waals surface area (Å²) in [6.07, 6.45) is 7.37. The van der Waals surface area contributed by atoms with E-state index >= 15 is 0 Å². The molecule has 1 aromatic carbocycles. The number of nitrogens with zero attached hydrogens (tertiary/aromatic N) is 2. The molecule has 19 heavy (non-hydrogen) atoms. The second-order valence-corrected chi connectivity index (χ2v) is 5.60. The van der Waals surface area contributed by atoms with Crippen molar-refractivity contribution in [3.63, 3.8) is 0 Å². The molecule has 0 amide bonds. The van der Waals surface area contributed by atoms with Gasteiger partial charge in [0.2, 0.25) is 0 Å². The van der Waals surface area contributed by atoms with Crippen molar-refractivity contribution in [2.24, 2.45) is 0 Å². The van der Waals surface area contributed by atoms with Crippen molar-refractivity contribution in [3.05, 3.63) is 59.4 Å². The first-order valence-corrected chi connectivity index (χ1v) is 7.00. The van der Waals surface area contributed by atoms with Crippen molar-refractivity contribution in [1.29, 1.82) is 0 Å². The molecule has 0 aliphatic heterocycles. The van der Waals surface area contributed by atoms with Crippen LogP contribution in [0.15, 0.2) is 48.8 Å². The summed E-state index contributed by atoms with van der Waals surface area (Å²) >= 11 is 6.00. The first kappa shape index (κ1) is 12.5. The minimum absolute atomic E-state index is 0.105. The van der Waals surface area contributed by atoms with Crippen LogP contribution in [-0.4, -0.2) is 12.0 Å². The number of pyridine rings is 1. The Balaban J connectivity index is 1.97. The molecular formula is C16H17ClN2. The third kappa shape index (κ3) is 2.10. The van der Waals surface area contributed by atoms with Crippen molar-refractivity contribution in [3.8, 4) is 0 Å². The second-order valence-electron chi connectivity index (χ2n) is 5.16. The normalized spacial score (nSPS) is 16.7. The third-order valence-electron chi connectivity index (χ3n) is 4.24. The molecule has 3 rings (SSSR count). The number of hydrogen-bond donors (Lipinski definition) is 0. The number of hydrogen-bond acceptors (Lipinski definition) is 2. The first-order valence-electron chi connectivity index (χ1n) is 6.62. The molecule has 0 spiro atoms. The molecule has 3 heteroatoms. The summed E-state index contributed by atoms with van der Waals surface area (Å²) in [5.41, 5.74) is 2.61. The summed E-state index contributed by atoms with van der Waals surface area (Å²) in [6, 6.07) is 12.4. The van der Waals surface area contributed by atoms with Crippen LogP contribution in [0.3, 0.4) is 0 Å². The van der Waals surface area contributed by atoms with Crippen molar-refractivity contribution in [2.45, 2.75) is 24.8 Å². The molecule has 1 fully saturated rings. The molecule has 98 valence electrons. The fourth-order valence-corrected chi connectivity index (χ4v) is 3.01. The zero-order valence-corrected chi connectivity index (χ0v) is 11.8. The predicted molar refractivity (Wildman–Crippen MR) is 79.6 cm³/mol. The fourth-order valence-electron chi connectivity index (χ4n) is 2.89. The molecule has 0 N–H and O–H groups in total. The van der Waals surface area contributed by atoms with Gasteiger partial charge < -0.3 is 4.90 Å². The van der Waals surface area contributed by atoms with E-state index in [1.165, 1.54) is 24.8 Å². The standard InChI is InChI=1S/C16H17ClN2/c1-19(15-4-2-11-18-12-15)16(9-3-10-16)13-5-7-14(17)8-6-13/h2,4-8,11-12H,3,9-10H2,1H3. The van der Waals surface area contributed by atoms with Crippen LogP contribution >= 0.6 is 11.6 Å². The van der Waals surface area contributed by atoms with Gasteiger partial charge in [-0.2, -0.15) is 0 Å². The van der Waals surface area contributed by atoms with Crippen molar-refractivity contribution < 1.29 is 0 Å². The minimum Gasteiger partial charge on any atom is -0.364 e. The molecule has 0 bridgehead atoms. The molecule has 1 aliphatic carbocycles. The van der Waals surface area contributed by atoms with Crippen molar-refractivity contribution in [2.75, 3.05) is 11.9 Å². The molecular weight excluding hydrogens is 256 g/mol. The van der Waals surface area contributed by atoms with Crippen LogP contribution in [-0.2, 0) is 5.54 Å². The van der Waals surface area contributed by atoms with E-state index in [-0.39, 0.29) is 5.54 Å². The largest absolute Gasteiger partial charge is 0.364 e. The number of aromatic nitrogens is 1. The Labute approximate surface area is 119 Å². The predicted octanol–water partition coefficient (Wildman–Crippen LogP) is 4.25. The molecule has 0 radical (unpaired) electrons. The number of benzene rings is 1. The average Bonchev–Trinajstić information content (AvgIpc) is 2.40. The summed E-state index contributed by atoms with van der Waals surface area (Å²) in [6.45, 7) is 0. The smallest absolute Gasteiger partial charge is 0.0651 e. The first-order chi connectivity index (χ1) is 9.22. The Bertz CT molecular complexity index is 547. The van der Waals surface area contributed by atoms with Gasteiger partial charge in [-0.05, 0) is 49.1 Å². The lowest BCUT2D eigenvalue weighted by molar-refractivity contribution is 0.241. The highest BCUT2D eigenvalue weighted by Gasteiger charge is 2.42. The van der Waals surface area contributed by atoms with Gasteiger partial charge in [0.05, 0.1) is 17.4 Å². The van der Waals surface area contributed by atoms with Gasteiger partial charge in [0, 0.05) is 18.3 Å². The van der Waals surface area contributed by atoms with Gasteiger partial charge in [-0.1, -0.05) is 23.7 Å². The number of rotatable bonds is 3. The van der Waals surface area contributed by atoms with Crippen LogP contribution in [0.5, 0.6) is 0 Å². The van der Waals surface area contributed by atoms with E-state index in [0.717, 1.165) is 10.7 Å². The van der Waals surface area contributed by atoms with E-state index < -0.39 is 0 Å². The van der Waals surface area contributed by atoms with E-state index in [2.05, 4.69) is 35.1 Å². The van der Waals surface area contributed by atoms with Crippen LogP contribution in [0.2, 0.25) is 5.02 Å². The van der Waals surface area contributed by atoms with E-state index in [4.69, 9.17) is 11.6 Å². The van der Waals surface area contributed by atoms with Gasteiger partial charge in [-0.15, -0.1) is 0 Å². The molecule has 0 atom stereocenters. The van der Waals surface area contributed by atoms with Crippen LogP contribution in [0, 0.1) is 0 Å². The molecule has 1 saturated carbocycles. The summed E-state index contributed by atoms with van der Waals surface area (Å²) in [4.78, 5) is 6.58. The average molecular weight is 273 g/mol. The Morgan fingerprint density at radius 1 is 1.16 bits per heavy atom. The number of anilines is 1. The molecule has 1 aromatic heterocycles. The zero-order valence-electron chi connectivity index (χ0n) is 11.0. The molecule has 0 unspecified atom stereocenters. The van der Waals surface area contributed by atoms with Crippen molar-refractivity contribution in [1.82, 2.24) is 4.98 Å². The van der Waals surface area contributed by atoms with Gasteiger partial charge in [-0.25, -0.2) is 0 Å². The lowest BCUT2D eigenvalue weighted by atomic mass is 9.70. The lowest BCUT2D eigenvalue weighted by Crippen LogP contribution is -2.49. The molecule has 2 aromatic rings. The molecule has 1 aliphatic rings. The Morgan fingerprint density at radius 3 is 2.42 bits per heavy atom. The summed E-state index contributed by atoms with van der Waals surface area (Å²) in [7, 11) is 2.16. The van der Waals surface area contributed by atoms with Gasteiger partial charge in [0.15, 0.2) is 0 Å². The van der Waals surface area contributed by atoms with E-state index in [9.17, 15) is 0 Å². The number of halogens is 1. The third-order valence-corrected chi connectivity index (χ3v) is 4.49. The van der Waals surface area contributed by atoms with Gasteiger partial charge >= 0.3 is 0 Å². The van der Waals surface area contributed by atoms with E-state index in [1.807, 2.05) is 30.6 Å². The topological polar surface area (TPSA) is 16.1 Å². The second kappa shape index (κ2) is 4.86. The highest BCUT2D eigenvalue weighted by molar-refractivity contribution is 6.30. The summed E-state index contributed by atoms with van der Waals surface area (Å²) < 4.78 is 0. The van der Waals surface area contributed by atoms with E-state index in [0.29, 0.717) is 0 Å². The highest BCUT2D eigenvalue weighted by Crippen LogP contribution is 2.47. The maximum Gasteiger partial charge on any atom is 0.0651 e. The molecule has 2 nitrogen and oxygen atoms in total.